The van der Waals surface area contributed by atoms with Crippen molar-refractivity contribution < 1.29 is 14.6 Å². The van der Waals surface area contributed by atoms with E-state index in [1.165, 1.54) is 11.3 Å². The number of aliphatic hydroxyl groups is 1. The van der Waals surface area contributed by atoms with Crippen LogP contribution in [0.4, 0.5) is 5.13 Å². The lowest BCUT2D eigenvalue weighted by Crippen LogP contribution is -2.56. The number of piperidine rings is 1. The molecule has 2 saturated heterocycles. The summed E-state index contributed by atoms with van der Waals surface area (Å²) in [4.78, 5) is 19.6. The van der Waals surface area contributed by atoms with Crippen LogP contribution in [0.2, 0.25) is 0 Å². The highest BCUT2D eigenvalue weighted by atomic mass is 32.1. The van der Waals surface area contributed by atoms with Crippen molar-refractivity contribution in [2.45, 2.75) is 44.3 Å². The molecule has 1 atom stereocenters. The number of amides is 1. The second kappa shape index (κ2) is 6.14. The number of nitrogens with one attached hydrogen (secondary N) is 1. The van der Waals surface area contributed by atoms with Crippen molar-refractivity contribution in [3.63, 3.8) is 0 Å². The van der Waals surface area contributed by atoms with E-state index in [1.807, 2.05) is 11.8 Å². The van der Waals surface area contributed by atoms with Gasteiger partial charge < -0.3 is 20.1 Å². The molecule has 0 aliphatic carbocycles. The Labute approximate surface area is 134 Å². The molecule has 3 heterocycles. The number of aromatic nitrogens is 1. The molecule has 3 rings (SSSR count). The molecule has 1 aromatic heterocycles. The average Bonchev–Trinajstić information content (AvgIpc) is 2.91. The molecule has 2 aliphatic heterocycles. The first-order chi connectivity index (χ1) is 10.6. The SMILES string of the molecule is CNc1nc(C)c(C(=O)N2CCC3(CC2)OCCCC3O)s1. The van der Waals surface area contributed by atoms with E-state index in [9.17, 15) is 9.90 Å². The van der Waals surface area contributed by atoms with Crippen LogP contribution >= 0.6 is 11.3 Å². The van der Waals surface area contributed by atoms with E-state index in [-0.39, 0.29) is 5.91 Å². The molecule has 0 aromatic carbocycles. The van der Waals surface area contributed by atoms with Gasteiger partial charge in [-0.25, -0.2) is 4.98 Å². The van der Waals surface area contributed by atoms with Crippen molar-refractivity contribution >= 4 is 22.4 Å². The summed E-state index contributed by atoms with van der Waals surface area (Å²) in [5, 5.41) is 14.0. The van der Waals surface area contributed by atoms with Gasteiger partial charge in [0.25, 0.3) is 5.91 Å². The number of carbonyl (C=O) groups is 1. The molecular formula is C15H23N3O3S. The van der Waals surface area contributed by atoms with Gasteiger partial charge in [-0.3, -0.25) is 4.79 Å². The van der Waals surface area contributed by atoms with Crippen LogP contribution in [-0.4, -0.2) is 59.3 Å². The fraction of sp³-hybridized carbons (Fsp3) is 0.733. The van der Waals surface area contributed by atoms with E-state index in [0.717, 1.165) is 23.7 Å². The molecule has 7 heteroatoms. The maximum Gasteiger partial charge on any atom is 0.265 e. The molecule has 0 bridgehead atoms. The summed E-state index contributed by atoms with van der Waals surface area (Å²) < 4.78 is 5.89. The van der Waals surface area contributed by atoms with Gasteiger partial charge in [0, 0.05) is 26.7 Å². The number of ether oxygens (including phenoxy) is 1. The number of carbonyl (C=O) groups excluding carboxylic acids is 1. The molecule has 6 nitrogen and oxygen atoms in total. The third-order valence-corrected chi connectivity index (χ3v) is 5.88. The number of rotatable bonds is 2. The van der Waals surface area contributed by atoms with Gasteiger partial charge in [0.2, 0.25) is 0 Å². The van der Waals surface area contributed by atoms with E-state index in [0.29, 0.717) is 37.4 Å². The highest BCUT2D eigenvalue weighted by Crippen LogP contribution is 2.36. The first-order valence-electron chi connectivity index (χ1n) is 7.82. The molecule has 22 heavy (non-hydrogen) atoms. The fourth-order valence-electron chi connectivity index (χ4n) is 3.32. The first-order valence-corrected chi connectivity index (χ1v) is 8.64. The zero-order valence-electron chi connectivity index (χ0n) is 13.1. The summed E-state index contributed by atoms with van der Waals surface area (Å²) in [6.45, 7) is 3.83. The van der Waals surface area contributed by atoms with Gasteiger partial charge in [-0.05, 0) is 32.6 Å². The molecule has 1 aromatic rings. The van der Waals surface area contributed by atoms with Crippen molar-refractivity contribution in [3.05, 3.63) is 10.6 Å². The Bertz CT molecular complexity index is 552. The number of aliphatic hydroxyl groups excluding tert-OH is 1. The van der Waals surface area contributed by atoms with Crippen molar-refractivity contribution in [3.8, 4) is 0 Å². The van der Waals surface area contributed by atoms with Gasteiger partial charge in [0.05, 0.1) is 17.4 Å². The predicted octanol–water partition coefficient (Wildman–Crippen LogP) is 1.64. The zero-order chi connectivity index (χ0) is 15.7. The van der Waals surface area contributed by atoms with Gasteiger partial charge in [0.15, 0.2) is 5.13 Å². The van der Waals surface area contributed by atoms with Crippen LogP contribution in [-0.2, 0) is 4.74 Å². The summed E-state index contributed by atoms with van der Waals surface area (Å²) in [5.41, 5.74) is 0.335. The van der Waals surface area contributed by atoms with E-state index >= 15 is 0 Å². The minimum atomic E-state index is -0.437. The molecule has 0 saturated carbocycles. The van der Waals surface area contributed by atoms with E-state index in [1.54, 1.807) is 7.05 Å². The molecule has 1 amide bonds. The lowest BCUT2D eigenvalue weighted by molar-refractivity contribution is -0.174. The Kier molecular flexibility index (Phi) is 4.38. The molecular weight excluding hydrogens is 302 g/mol. The highest BCUT2D eigenvalue weighted by Gasteiger charge is 2.44. The lowest BCUT2D eigenvalue weighted by atomic mass is 9.82. The fourth-order valence-corrected chi connectivity index (χ4v) is 4.21. The number of hydrogen-bond acceptors (Lipinski definition) is 6. The smallest absolute Gasteiger partial charge is 0.265 e. The summed E-state index contributed by atoms with van der Waals surface area (Å²) in [5.74, 6) is 0.0386. The van der Waals surface area contributed by atoms with Crippen LogP contribution in [0.5, 0.6) is 0 Å². The number of thiazole rings is 1. The van der Waals surface area contributed by atoms with Gasteiger partial charge in [-0.1, -0.05) is 11.3 Å². The largest absolute Gasteiger partial charge is 0.390 e. The normalized spacial score (nSPS) is 24.5. The van der Waals surface area contributed by atoms with Crippen molar-refractivity contribution in [1.29, 1.82) is 0 Å². The van der Waals surface area contributed by atoms with E-state index in [4.69, 9.17) is 4.74 Å². The minimum absolute atomic E-state index is 0.0386. The topological polar surface area (TPSA) is 74.7 Å². The Morgan fingerprint density at radius 1 is 1.50 bits per heavy atom. The number of nitrogens with zero attached hydrogens (tertiary/aromatic N) is 2. The average molecular weight is 325 g/mol. The summed E-state index contributed by atoms with van der Waals surface area (Å²) in [7, 11) is 1.80. The Hall–Kier alpha value is -1.18. The maximum atomic E-state index is 12.7. The second-order valence-corrected chi connectivity index (χ2v) is 7.05. The second-order valence-electron chi connectivity index (χ2n) is 6.05. The van der Waals surface area contributed by atoms with Crippen LogP contribution in [0, 0.1) is 6.92 Å². The standard InChI is InChI=1S/C15H23N3O3S/c1-10-12(22-14(16-2)17-10)13(20)18-7-5-15(6-8-18)11(19)4-3-9-21-15/h11,19H,3-9H2,1-2H3,(H,16,17). The number of anilines is 1. The van der Waals surface area contributed by atoms with Gasteiger partial charge >= 0.3 is 0 Å². The van der Waals surface area contributed by atoms with Crippen molar-refractivity contribution in [2.24, 2.45) is 0 Å². The summed E-state index contributed by atoms with van der Waals surface area (Å²) >= 11 is 1.39. The van der Waals surface area contributed by atoms with Crippen LogP contribution in [0.1, 0.15) is 41.0 Å². The van der Waals surface area contributed by atoms with Crippen LogP contribution < -0.4 is 5.32 Å². The maximum absolute atomic E-state index is 12.7. The quantitative estimate of drug-likeness (QED) is 0.865. The molecule has 2 N–H and O–H groups in total. The first kappa shape index (κ1) is 15.7. The van der Waals surface area contributed by atoms with Gasteiger partial charge in [-0.15, -0.1) is 0 Å². The highest BCUT2D eigenvalue weighted by molar-refractivity contribution is 7.17. The zero-order valence-corrected chi connectivity index (χ0v) is 13.9. The third kappa shape index (κ3) is 2.73. The number of hydrogen-bond donors (Lipinski definition) is 2. The monoisotopic (exact) mass is 325 g/mol. The van der Waals surface area contributed by atoms with Crippen LogP contribution in [0.25, 0.3) is 0 Å². The lowest BCUT2D eigenvalue weighted by Gasteiger charge is -2.46. The van der Waals surface area contributed by atoms with Crippen molar-refractivity contribution in [1.82, 2.24) is 9.88 Å². The van der Waals surface area contributed by atoms with Crippen LogP contribution in [0.15, 0.2) is 0 Å². The Balaban J connectivity index is 1.68. The predicted molar refractivity (Wildman–Crippen MR) is 85.5 cm³/mol. The van der Waals surface area contributed by atoms with Crippen LogP contribution in [0.3, 0.4) is 0 Å². The Morgan fingerprint density at radius 2 is 2.23 bits per heavy atom. The molecule has 122 valence electrons. The molecule has 0 radical (unpaired) electrons. The Morgan fingerprint density at radius 3 is 2.82 bits per heavy atom. The van der Waals surface area contributed by atoms with Gasteiger partial charge in [-0.2, -0.15) is 0 Å². The van der Waals surface area contributed by atoms with Gasteiger partial charge in [0.1, 0.15) is 4.88 Å². The third-order valence-electron chi connectivity index (χ3n) is 4.72. The van der Waals surface area contributed by atoms with E-state index < -0.39 is 11.7 Å². The number of likely N-dealkylation sites (tertiary alicyclic amines) is 1. The summed E-state index contributed by atoms with van der Waals surface area (Å²) in [6.07, 6.45) is 2.72. The van der Waals surface area contributed by atoms with Crippen molar-refractivity contribution in [2.75, 3.05) is 32.1 Å². The summed E-state index contributed by atoms with van der Waals surface area (Å²) in [6, 6.07) is 0. The molecule has 1 unspecified atom stereocenters. The minimum Gasteiger partial charge on any atom is -0.390 e. The molecule has 2 aliphatic rings. The molecule has 1 spiro atoms. The van der Waals surface area contributed by atoms with E-state index in [2.05, 4.69) is 10.3 Å². The number of aryl methyl sites for hydroxylation is 1. The molecule has 2 fully saturated rings.